The quantitative estimate of drug-likeness (QED) is 0.663. The Morgan fingerprint density at radius 2 is 2.33 bits per heavy atom. The maximum absolute atomic E-state index is 9.43. The average Bonchev–Trinajstić information content (AvgIpc) is 2.37. The van der Waals surface area contributed by atoms with Crippen molar-refractivity contribution in [2.24, 2.45) is 5.92 Å². The number of thioether (sulfide) groups is 1. The molecule has 12 heavy (non-hydrogen) atoms. The largest absolute Gasteiger partial charge is 0.392 e. The van der Waals surface area contributed by atoms with Gasteiger partial charge in [-0.15, -0.1) is 0 Å². The van der Waals surface area contributed by atoms with E-state index in [9.17, 15) is 10.2 Å². The van der Waals surface area contributed by atoms with E-state index in [0.29, 0.717) is 13.0 Å². The van der Waals surface area contributed by atoms with Gasteiger partial charge >= 0.3 is 0 Å². The van der Waals surface area contributed by atoms with Crippen LogP contribution in [0.25, 0.3) is 0 Å². The highest BCUT2D eigenvalue weighted by atomic mass is 32.2. The van der Waals surface area contributed by atoms with E-state index in [-0.39, 0.29) is 12.0 Å². The summed E-state index contributed by atoms with van der Waals surface area (Å²) < 4.78 is 4.81. The van der Waals surface area contributed by atoms with E-state index in [4.69, 9.17) is 4.74 Å². The van der Waals surface area contributed by atoms with Gasteiger partial charge in [0.1, 0.15) is 0 Å². The van der Waals surface area contributed by atoms with Gasteiger partial charge in [0.15, 0.2) is 0 Å². The molecule has 0 bridgehead atoms. The molecule has 1 aliphatic rings. The second-order valence-corrected chi connectivity index (χ2v) is 4.28. The van der Waals surface area contributed by atoms with E-state index in [0.717, 1.165) is 11.5 Å². The van der Waals surface area contributed by atoms with E-state index in [1.165, 1.54) is 0 Å². The van der Waals surface area contributed by atoms with Crippen LogP contribution >= 0.6 is 11.8 Å². The fraction of sp³-hybridized carbons (Fsp3) is 1.00. The van der Waals surface area contributed by atoms with Crippen LogP contribution in [0.2, 0.25) is 0 Å². The van der Waals surface area contributed by atoms with Crippen molar-refractivity contribution in [3.8, 4) is 0 Å². The molecule has 0 aromatic heterocycles. The highest BCUT2D eigenvalue weighted by Crippen LogP contribution is 2.27. The zero-order chi connectivity index (χ0) is 8.97. The second kappa shape index (κ2) is 5.07. The zero-order valence-corrected chi connectivity index (χ0v) is 8.09. The van der Waals surface area contributed by atoms with Crippen LogP contribution in [0, 0.1) is 5.92 Å². The fourth-order valence-electron chi connectivity index (χ4n) is 1.42. The highest BCUT2D eigenvalue weighted by Gasteiger charge is 2.27. The first kappa shape index (κ1) is 10.3. The number of aliphatic hydroxyl groups is 2. The van der Waals surface area contributed by atoms with E-state index in [2.05, 4.69) is 0 Å². The second-order valence-electron chi connectivity index (χ2n) is 3.21. The van der Waals surface area contributed by atoms with Crippen molar-refractivity contribution >= 4 is 11.8 Å². The molecule has 0 amide bonds. The molecule has 0 saturated carbocycles. The van der Waals surface area contributed by atoms with Gasteiger partial charge in [0, 0.05) is 12.9 Å². The lowest BCUT2D eigenvalue weighted by atomic mass is 9.99. The summed E-state index contributed by atoms with van der Waals surface area (Å²) in [6.45, 7) is 0.369. The third-order valence-corrected chi connectivity index (χ3v) is 3.34. The van der Waals surface area contributed by atoms with Crippen LogP contribution in [0.3, 0.4) is 0 Å². The van der Waals surface area contributed by atoms with Gasteiger partial charge in [-0.25, -0.2) is 0 Å². The van der Waals surface area contributed by atoms with Crippen LogP contribution < -0.4 is 0 Å². The van der Waals surface area contributed by atoms with Crippen molar-refractivity contribution in [1.82, 2.24) is 0 Å². The van der Waals surface area contributed by atoms with Crippen LogP contribution in [0.4, 0.5) is 0 Å². The van der Waals surface area contributed by atoms with Crippen molar-refractivity contribution in [2.75, 3.05) is 25.2 Å². The lowest BCUT2D eigenvalue weighted by Crippen LogP contribution is -2.25. The van der Waals surface area contributed by atoms with Crippen LogP contribution in [-0.2, 0) is 4.74 Å². The molecule has 2 N–H and O–H groups in total. The number of methoxy groups -OCH3 is 1. The molecule has 1 aliphatic heterocycles. The molecule has 0 spiro atoms. The molecule has 4 heteroatoms. The third kappa shape index (κ3) is 2.94. The van der Waals surface area contributed by atoms with Gasteiger partial charge in [-0.2, -0.15) is 11.8 Å². The first-order valence-corrected chi connectivity index (χ1v) is 5.32. The molecule has 0 radical (unpaired) electrons. The molecule has 3 nitrogen and oxygen atoms in total. The molecular weight excluding hydrogens is 176 g/mol. The van der Waals surface area contributed by atoms with Crippen LogP contribution in [0.15, 0.2) is 0 Å². The average molecular weight is 192 g/mol. The number of hydrogen-bond donors (Lipinski definition) is 2. The predicted molar refractivity (Wildman–Crippen MR) is 49.3 cm³/mol. The summed E-state index contributed by atoms with van der Waals surface area (Å²) in [6.07, 6.45) is -0.00277. The Bertz CT molecular complexity index is 131. The minimum absolute atomic E-state index is 0.235. The molecule has 1 rings (SSSR count). The summed E-state index contributed by atoms with van der Waals surface area (Å²) >= 11 is 1.75. The Labute approximate surface area is 77.1 Å². The minimum atomic E-state index is -0.423. The molecule has 1 saturated heterocycles. The molecular formula is C8H16O3S. The van der Waals surface area contributed by atoms with E-state index >= 15 is 0 Å². The van der Waals surface area contributed by atoms with E-state index < -0.39 is 6.10 Å². The van der Waals surface area contributed by atoms with Gasteiger partial charge in [0.25, 0.3) is 0 Å². The Balaban J connectivity index is 2.20. The maximum atomic E-state index is 9.43. The summed E-state index contributed by atoms with van der Waals surface area (Å²) in [5.74, 6) is 2.02. The van der Waals surface area contributed by atoms with Gasteiger partial charge in [-0.05, 0) is 18.1 Å². The topological polar surface area (TPSA) is 49.7 Å². The Kier molecular flexibility index (Phi) is 4.35. The van der Waals surface area contributed by atoms with Crippen LogP contribution in [0.5, 0.6) is 0 Å². The number of aliphatic hydroxyl groups excluding tert-OH is 2. The minimum Gasteiger partial charge on any atom is -0.392 e. The summed E-state index contributed by atoms with van der Waals surface area (Å²) in [6, 6.07) is 0. The Morgan fingerprint density at radius 3 is 2.83 bits per heavy atom. The van der Waals surface area contributed by atoms with Gasteiger partial charge in [-0.1, -0.05) is 0 Å². The van der Waals surface area contributed by atoms with Crippen LogP contribution in [0.1, 0.15) is 6.42 Å². The van der Waals surface area contributed by atoms with Crippen molar-refractivity contribution in [1.29, 1.82) is 0 Å². The molecule has 72 valence electrons. The number of hydrogen-bond acceptors (Lipinski definition) is 4. The van der Waals surface area contributed by atoms with Gasteiger partial charge in [0.2, 0.25) is 0 Å². The monoisotopic (exact) mass is 192 g/mol. The van der Waals surface area contributed by atoms with Gasteiger partial charge < -0.3 is 14.9 Å². The van der Waals surface area contributed by atoms with Gasteiger partial charge in [0.05, 0.1) is 18.8 Å². The van der Waals surface area contributed by atoms with E-state index in [1.807, 2.05) is 0 Å². The predicted octanol–water partition coefficient (Wildman–Crippen LogP) is 0.108. The molecule has 1 heterocycles. The molecule has 1 fully saturated rings. The maximum Gasteiger partial charge on any atom is 0.0777 e. The Hall–Kier alpha value is 0.230. The molecule has 3 unspecified atom stereocenters. The van der Waals surface area contributed by atoms with Gasteiger partial charge in [-0.3, -0.25) is 0 Å². The lowest BCUT2D eigenvalue weighted by Gasteiger charge is -2.16. The molecule has 3 atom stereocenters. The number of rotatable bonds is 4. The fourth-order valence-corrected chi connectivity index (χ4v) is 2.73. The summed E-state index contributed by atoms with van der Waals surface area (Å²) in [7, 11) is 1.57. The van der Waals surface area contributed by atoms with Crippen molar-refractivity contribution < 1.29 is 14.9 Å². The first-order valence-electron chi connectivity index (χ1n) is 4.17. The van der Waals surface area contributed by atoms with E-state index in [1.54, 1.807) is 18.9 Å². The standard InChI is InChI=1S/C8H16O3S/c1-11-3-7(9)2-6-4-12-5-8(6)10/h6-10H,2-5H2,1H3. The lowest BCUT2D eigenvalue weighted by molar-refractivity contribution is 0.0331. The van der Waals surface area contributed by atoms with Crippen LogP contribution in [-0.4, -0.2) is 47.6 Å². The summed E-state index contributed by atoms with van der Waals surface area (Å²) in [4.78, 5) is 0. The molecule has 0 aromatic carbocycles. The summed E-state index contributed by atoms with van der Waals surface area (Å²) in [5, 5.41) is 18.8. The number of ether oxygens (including phenoxy) is 1. The van der Waals surface area contributed by atoms with Crippen molar-refractivity contribution in [3.63, 3.8) is 0 Å². The Morgan fingerprint density at radius 1 is 1.58 bits per heavy atom. The first-order chi connectivity index (χ1) is 5.74. The smallest absolute Gasteiger partial charge is 0.0777 e. The van der Waals surface area contributed by atoms with Crippen molar-refractivity contribution in [2.45, 2.75) is 18.6 Å². The van der Waals surface area contributed by atoms with Crippen molar-refractivity contribution in [3.05, 3.63) is 0 Å². The highest BCUT2D eigenvalue weighted by molar-refractivity contribution is 7.99. The third-order valence-electron chi connectivity index (χ3n) is 2.10. The zero-order valence-electron chi connectivity index (χ0n) is 7.27. The summed E-state index contributed by atoms with van der Waals surface area (Å²) in [5.41, 5.74) is 0. The molecule has 0 aliphatic carbocycles. The normalized spacial score (nSPS) is 32.2. The molecule has 0 aromatic rings. The SMILES string of the molecule is COCC(O)CC1CSCC1O.